The van der Waals surface area contributed by atoms with Crippen molar-refractivity contribution in [3.63, 3.8) is 0 Å². The van der Waals surface area contributed by atoms with Gasteiger partial charge in [-0.05, 0) is 36.2 Å². The Hall–Kier alpha value is -3.48. The highest BCUT2D eigenvalue weighted by atomic mass is 16.5. The highest BCUT2D eigenvalue weighted by molar-refractivity contribution is 6.06. The Morgan fingerprint density at radius 1 is 1.14 bits per heavy atom. The van der Waals surface area contributed by atoms with Crippen molar-refractivity contribution in [2.24, 2.45) is 0 Å². The molecule has 0 aliphatic carbocycles. The lowest BCUT2D eigenvalue weighted by Gasteiger charge is -2.20. The first-order chi connectivity index (χ1) is 14.0. The number of rotatable bonds is 8. The Morgan fingerprint density at radius 3 is 2.59 bits per heavy atom. The molecule has 0 aliphatic rings. The maximum Gasteiger partial charge on any atom is 0.305 e. The third-order valence-corrected chi connectivity index (χ3v) is 4.79. The minimum absolute atomic E-state index is 0.301. The number of aliphatic carboxylic acids is 1. The van der Waals surface area contributed by atoms with Crippen LogP contribution in [-0.4, -0.2) is 31.2 Å². The molecule has 0 saturated heterocycles. The second-order valence-electron chi connectivity index (χ2n) is 6.57. The van der Waals surface area contributed by atoms with E-state index in [9.17, 15) is 14.7 Å². The molecule has 152 valence electrons. The Bertz CT molecular complexity index is 1040. The molecular weight excluding hydrogens is 374 g/mol. The number of hydrogen-bond acceptors (Lipinski definition) is 5. The standard InChI is InChI=1S/C22H23NO6/c1-4-13-5-8-19-16(9-13)17(12-29-19)22(26)23-18(11-21(24)25)15-7-6-14(27-2)10-20(15)28-3/h5-10,12,18H,4,11H2,1-3H3,(H,23,26)(H,24,25). The molecule has 3 aromatic rings. The number of carbonyl (C=O) groups excluding carboxylic acids is 1. The average molecular weight is 397 g/mol. The number of nitrogens with one attached hydrogen (secondary N) is 1. The summed E-state index contributed by atoms with van der Waals surface area (Å²) in [5.74, 6) is -0.459. The van der Waals surface area contributed by atoms with Gasteiger partial charge in [0.15, 0.2) is 0 Å². The second-order valence-corrected chi connectivity index (χ2v) is 6.57. The van der Waals surface area contributed by atoms with Crippen LogP contribution in [0.4, 0.5) is 0 Å². The molecule has 1 unspecified atom stereocenters. The van der Waals surface area contributed by atoms with E-state index in [0.717, 1.165) is 12.0 Å². The quantitative estimate of drug-likeness (QED) is 0.597. The van der Waals surface area contributed by atoms with Crippen LogP contribution in [0.3, 0.4) is 0 Å². The summed E-state index contributed by atoms with van der Waals surface area (Å²) in [7, 11) is 3.01. The van der Waals surface area contributed by atoms with Crippen LogP contribution in [0.1, 0.15) is 40.9 Å². The van der Waals surface area contributed by atoms with Gasteiger partial charge in [-0.15, -0.1) is 0 Å². The summed E-state index contributed by atoms with van der Waals surface area (Å²) in [6.45, 7) is 2.03. The zero-order valence-electron chi connectivity index (χ0n) is 16.5. The molecule has 1 heterocycles. The molecule has 2 N–H and O–H groups in total. The molecule has 3 rings (SSSR count). The van der Waals surface area contributed by atoms with Gasteiger partial charge in [0.1, 0.15) is 23.3 Å². The number of carboxylic acids is 1. The van der Waals surface area contributed by atoms with Gasteiger partial charge in [0, 0.05) is 17.0 Å². The Kier molecular flexibility index (Phi) is 6.07. The van der Waals surface area contributed by atoms with E-state index in [1.54, 1.807) is 18.2 Å². The number of aryl methyl sites for hydroxylation is 1. The summed E-state index contributed by atoms with van der Waals surface area (Å²) in [5, 5.41) is 12.9. The average Bonchev–Trinajstić information content (AvgIpc) is 3.15. The Morgan fingerprint density at radius 2 is 1.93 bits per heavy atom. The van der Waals surface area contributed by atoms with E-state index in [2.05, 4.69) is 5.32 Å². The lowest BCUT2D eigenvalue weighted by atomic mass is 10.0. The second kappa shape index (κ2) is 8.68. The molecule has 1 aromatic heterocycles. The first-order valence-electron chi connectivity index (χ1n) is 9.21. The minimum atomic E-state index is -1.04. The highest BCUT2D eigenvalue weighted by Gasteiger charge is 2.24. The largest absolute Gasteiger partial charge is 0.497 e. The zero-order chi connectivity index (χ0) is 21.0. The van der Waals surface area contributed by atoms with Gasteiger partial charge < -0.3 is 24.3 Å². The predicted molar refractivity (Wildman–Crippen MR) is 108 cm³/mol. The van der Waals surface area contributed by atoms with Crippen LogP contribution in [-0.2, 0) is 11.2 Å². The molecule has 0 bridgehead atoms. The molecule has 1 amide bonds. The molecule has 2 aromatic carbocycles. The van der Waals surface area contributed by atoms with Gasteiger partial charge in [-0.2, -0.15) is 0 Å². The summed E-state index contributed by atoms with van der Waals surface area (Å²) in [6, 6.07) is 9.92. The number of benzene rings is 2. The summed E-state index contributed by atoms with van der Waals surface area (Å²) >= 11 is 0. The topological polar surface area (TPSA) is 98.0 Å². The van der Waals surface area contributed by atoms with E-state index >= 15 is 0 Å². The minimum Gasteiger partial charge on any atom is -0.497 e. The van der Waals surface area contributed by atoms with Crippen molar-refractivity contribution < 1.29 is 28.6 Å². The van der Waals surface area contributed by atoms with Gasteiger partial charge in [0.2, 0.25) is 0 Å². The van der Waals surface area contributed by atoms with Gasteiger partial charge in [-0.1, -0.05) is 13.0 Å². The number of methoxy groups -OCH3 is 2. The molecule has 0 aliphatic heterocycles. The van der Waals surface area contributed by atoms with Gasteiger partial charge in [0.25, 0.3) is 5.91 Å². The van der Waals surface area contributed by atoms with Crippen LogP contribution >= 0.6 is 0 Å². The van der Waals surface area contributed by atoms with Crippen LogP contribution in [0.15, 0.2) is 47.1 Å². The maximum absolute atomic E-state index is 13.0. The molecule has 0 spiro atoms. The summed E-state index contributed by atoms with van der Waals surface area (Å²) in [5.41, 5.74) is 2.58. The van der Waals surface area contributed by atoms with Crippen molar-refractivity contribution in [2.45, 2.75) is 25.8 Å². The van der Waals surface area contributed by atoms with Gasteiger partial charge >= 0.3 is 5.97 Å². The van der Waals surface area contributed by atoms with E-state index in [1.807, 2.05) is 25.1 Å². The maximum atomic E-state index is 13.0. The van der Waals surface area contributed by atoms with E-state index in [4.69, 9.17) is 13.9 Å². The number of carboxylic acid groups (broad SMARTS) is 1. The van der Waals surface area contributed by atoms with Crippen molar-refractivity contribution in [1.82, 2.24) is 5.32 Å². The fraction of sp³-hybridized carbons (Fsp3) is 0.273. The van der Waals surface area contributed by atoms with Crippen molar-refractivity contribution >= 4 is 22.8 Å². The Labute approximate surface area is 168 Å². The SMILES string of the molecule is CCc1ccc2occ(C(=O)NC(CC(=O)O)c3ccc(OC)cc3OC)c2c1. The molecule has 7 heteroatoms. The normalized spacial score (nSPS) is 11.8. The van der Waals surface area contributed by atoms with Crippen LogP contribution in [0.2, 0.25) is 0 Å². The lowest BCUT2D eigenvalue weighted by molar-refractivity contribution is -0.137. The molecule has 0 saturated carbocycles. The number of carbonyl (C=O) groups is 2. The molecule has 1 atom stereocenters. The van der Waals surface area contributed by atoms with Crippen molar-refractivity contribution in [2.75, 3.05) is 14.2 Å². The van der Waals surface area contributed by atoms with Crippen LogP contribution < -0.4 is 14.8 Å². The number of hydrogen-bond donors (Lipinski definition) is 2. The molecular formula is C22H23NO6. The smallest absolute Gasteiger partial charge is 0.305 e. The van der Waals surface area contributed by atoms with Gasteiger partial charge in [-0.3, -0.25) is 9.59 Å². The summed E-state index contributed by atoms with van der Waals surface area (Å²) < 4.78 is 16.1. The number of fused-ring (bicyclic) bond motifs is 1. The number of furan rings is 1. The monoisotopic (exact) mass is 397 g/mol. The van der Waals surface area contributed by atoms with Gasteiger partial charge in [0.05, 0.1) is 32.2 Å². The van der Waals surface area contributed by atoms with Crippen LogP contribution in [0, 0.1) is 0 Å². The van der Waals surface area contributed by atoms with Crippen molar-refractivity contribution in [1.29, 1.82) is 0 Å². The van der Waals surface area contributed by atoms with E-state index in [-0.39, 0.29) is 6.42 Å². The zero-order valence-corrected chi connectivity index (χ0v) is 16.5. The third-order valence-electron chi connectivity index (χ3n) is 4.79. The Balaban J connectivity index is 1.95. The van der Waals surface area contributed by atoms with Gasteiger partial charge in [-0.25, -0.2) is 0 Å². The number of amides is 1. The predicted octanol–water partition coefficient (Wildman–Crippen LogP) is 3.96. The van der Waals surface area contributed by atoms with Crippen LogP contribution in [0.5, 0.6) is 11.5 Å². The van der Waals surface area contributed by atoms with E-state index in [1.165, 1.54) is 20.5 Å². The lowest BCUT2D eigenvalue weighted by Crippen LogP contribution is -2.30. The highest BCUT2D eigenvalue weighted by Crippen LogP contribution is 2.32. The third kappa shape index (κ3) is 4.34. The fourth-order valence-electron chi connectivity index (χ4n) is 3.23. The summed E-state index contributed by atoms with van der Waals surface area (Å²) in [4.78, 5) is 24.4. The number of ether oxygens (including phenoxy) is 2. The molecule has 0 fully saturated rings. The van der Waals surface area contributed by atoms with Crippen molar-refractivity contribution in [3.8, 4) is 11.5 Å². The molecule has 0 radical (unpaired) electrons. The first kappa shape index (κ1) is 20.3. The molecule has 29 heavy (non-hydrogen) atoms. The fourth-order valence-corrected chi connectivity index (χ4v) is 3.23. The van der Waals surface area contributed by atoms with Crippen molar-refractivity contribution in [3.05, 3.63) is 59.4 Å². The van der Waals surface area contributed by atoms with Crippen LogP contribution in [0.25, 0.3) is 11.0 Å². The van der Waals surface area contributed by atoms with E-state index in [0.29, 0.717) is 33.6 Å². The summed E-state index contributed by atoms with van der Waals surface area (Å²) in [6.07, 6.45) is 1.92. The van der Waals surface area contributed by atoms with E-state index < -0.39 is 17.9 Å². The first-order valence-corrected chi connectivity index (χ1v) is 9.21. The molecule has 7 nitrogen and oxygen atoms in total.